The van der Waals surface area contributed by atoms with Gasteiger partial charge in [0.15, 0.2) is 0 Å². The number of hydrogen-bond donors (Lipinski definition) is 1. The van der Waals surface area contributed by atoms with Gasteiger partial charge in [-0.15, -0.1) is 0 Å². The Morgan fingerprint density at radius 1 is 0.811 bits per heavy atom. The van der Waals surface area contributed by atoms with Crippen molar-refractivity contribution < 1.29 is 14.0 Å². The fraction of sp³-hybridized carbons (Fsp3) is 0.250. The molecule has 0 spiro atoms. The number of benzene rings is 4. The first-order chi connectivity index (χ1) is 17.9. The molecular formula is C32H33FN2O2. The molecule has 0 aliphatic rings. The minimum atomic E-state index is -0.699. The lowest BCUT2D eigenvalue weighted by molar-refractivity contribution is -0.141. The molecule has 0 saturated carbocycles. The lowest BCUT2D eigenvalue weighted by atomic mass is 9.99. The van der Waals surface area contributed by atoms with Crippen LogP contribution in [-0.2, 0) is 29.0 Å². The molecule has 37 heavy (non-hydrogen) atoms. The highest BCUT2D eigenvalue weighted by atomic mass is 19.1. The van der Waals surface area contributed by atoms with E-state index in [0.29, 0.717) is 12.8 Å². The van der Waals surface area contributed by atoms with Crippen molar-refractivity contribution in [1.82, 2.24) is 10.2 Å². The molecule has 2 amide bonds. The summed E-state index contributed by atoms with van der Waals surface area (Å²) < 4.78 is 13.6. The Hall–Kier alpha value is -3.99. The fourth-order valence-electron chi connectivity index (χ4n) is 4.62. The van der Waals surface area contributed by atoms with Gasteiger partial charge in [0.25, 0.3) is 0 Å². The third kappa shape index (κ3) is 7.04. The van der Waals surface area contributed by atoms with Crippen molar-refractivity contribution in [3.63, 3.8) is 0 Å². The zero-order chi connectivity index (χ0) is 26.2. The van der Waals surface area contributed by atoms with Crippen LogP contribution in [-0.4, -0.2) is 28.8 Å². The van der Waals surface area contributed by atoms with E-state index in [2.05, 4.69) is 23.5 Å². The van der Waals surface area contributed by atoms with Gasteiger partial charge in [-0.05, 0) is 59.9 Å². The van der Waals surface area contributed by atoms with Gasteiger partial charge in [-0.1, -0.05) is 84.9 Å². The molecule has 0 saturated heterocycles. The quantitative estimate of drug-likeness (QED) is 0.289. The lowest BCUT2D eigenvalue weighted by Gasteiger charge is -2.32. The van der Waals surface area contributed by atoms with Crippen molar-refractivity contribution >= 4 is 22.6 Å². The van der Waals surface area contributed by atoms with Gasteiger partial charge in [0.2, 0.25) is 11.8 Å². The van der Waals surface area contributed by atoms with E-state index in [1.54, 1.807) is 17.0 Å². The third-order valence-electron chi connectivity index (χ3n) is 6.46. The van der Waals surface area contributed by atoms with Crippen LogP contribution in [0, 0.1) is 5.82 Å². The zero-order valence-corrected chi connectivity index (χ0v) is 21.4. The maximum Gasteiger partial charge on any atom is 0.243 e. The zero-order valence-electron chi connectivity index (χ0n) is 21.4. The van der Waals surface area contributed by atoms with E-state index in [-0.39, 0.29) is 36.6 Å². The monoisotopic (exact) mass is 496 g/mol. The van der Waals surface area contributed by atoms with Crippen LogP contribution in [0.2, 0.25) is 0 Å². The van der Waals surface area contributed by atoms with Gasteiger partial charge in [-0.3, -0.25) is 9.59 Å². The van der Waals surface area contributed by atoms with Crippen molar-refractivity contribution in [2.45, 2.75) is 51.7 Å². The molecule has 4 rings (SSSR count). The van der Waals surface area contributed by atoms with Crippen LogP contribution >= 0.6 is 0 Å². The van der Waals surface area contributed by atoms with Crippen molar-refractivity contribution in [3.05, 3.63) is 120 Å². The molecule has 0 unspecified atom stereocenters. The molecule has 4 nitrogen and oxygen atoms in total. The smallest absolute Gasteiger partial charge is 0.243 e. The Morgan fingerprint density at radius 2 is 1.49 bits per heavy atom. The topological polar surface area (TPSA) is 49.4 Å². The third-order valence-corrected chi connectivity index (χ3v) is 6.46. The summed E-state index contributed by atoms with van der Waals surface area (Å²) in [5.41, 5.74) is 2.84. The van der Waals surface area contributed by atoms with Gasteiger partial charge in [-0.2, -0.15) is 0 Å². The van der Waals surface area contributed by atoms with Crippen LogP contribution in [0.4, 0.5) is 4.39 Å². The SMILES string of the molecule is CC(C)NC(=O)[C@@H](Cc1ccccc1)N(Cc1ccc(F)cc1)C(=O)CCc1cccc2ccccc12. The minimum Gasteiger partial charge on any atom is -0.352 e. The first-order valence-corrected chi connectivity index (χ1v) is 12.8. The number of halogens is 1. The first-order valence-electron chi connectivity index (χ1n) is 12.8. The van der Waals surface area contributed by atoms with Gasteiger partial charge < -0.3 is 10.2 Å². The molecule has 1 N–H and O–H groups in total. The molecule has 4 aromatic carbocycles. The summed E-state index contributed by atoms with van der Waals surface area (Å²) in [7, 11) is 0. The highest BCUT2D eigenvalue weighted by molar-refractivity contribution is 5.89. The van der Waals surface area contributed by atoms with E-state index in [0.717, 1.165) is 27.5 Å². The molecule has 4 aromatic rings. The predicted molar refractivity (Wildman–Crippen MR) is 146 cm³/mol. The Balaban J connectivity index is 1.64. The number of carbonyl (C=O) groups is 2. The van der Waals surface area contributed by atoms with E-state index >= 15 is 0 Å². The molecule has 1 atom stereocenters. The number of fused-ring (bicyclic) bond motifs is 1. The normalized spacial score (nSPS) is 11.9. The predicted octanol–water partition coefficient (Wildman–Crippen LogP) is 6.08. The summed E-state index contributed by atoms with van der Waals surface area (Å²) in [6, 6.07) is 29.3. The van der Waals surface area contributed by atoms with Gasteiger partial charge in [0, 0.05) is 25.4 Å². The van der Waals surface area contributed by atoms with Crippen LogP contribution in [0.5, 0.6) is 0 Å². The van der Waals surface area contributed by atoms with Crippen LogP contribution < -0.4 is 5.32 Å². The van der Waals surface area contributed by atoms with Crippen molar-refractivity contribution in [2.24, 2.45) is 0 Å². The molecule has 0 aromatic heterocycles. The molecule has 0 radical (unpaired) electrons. The number of hydrogen-bond acceptors (Lipinski definition) is 2. The van der Waals surface area contributed by atoms with Gasteiger partial charge in [0.05, 0.1) is 0 Å². The van der Waals surface area contributed by atoms with Gasteiger partial charge >= 0.3 is 0 Å². The maximum absolute atomic E-state index is 13.8. The Kier molecular flexibility index (Phi) is 8.68. The van der Waals surface area contributed by atoms with Crippen molar-refractivity contribution in [2.75, 3.05) is 0 Å². The van der Waals surface area contributed by atoms with Gasteiger partial charge in [0.1, 0.15) is 11.9 Å². The van der Waals surface area contributed by atoms with E-state index in [9.17, 15) is 14.0 Å². The second-order valence-corrected chi connectivity index (χ2v) is 9.66. The summed E-state index contributed by atoms with van der Waals surface area (Å²) >= 11 is 0. The molecule has 5 heteroatoms. The largest absolute Gasteiger partial charge is 0.352 e. The molecule has 0 aliphatic heterocycles. The second-order valence-electron chi connectivity index (χ2n) is 9.66. The highest BCUT2D eigenvalue weighted by Crippen LogP contribution is 2.22. The van der Waals surface area contributed by atoms with Gasteiger partial charge in [-0.25, -0.2) is 4.39 Å². The maximum atomic E-state index is 13.8. The van der Waals surface area contributed by atoms with Crippen molar-refractivity contribution in [1.29, 1.82) is 0 Å². The first kappa shape index (κ1) is 26.1. The van der Waals surface area contributed by atoms with Crippen LogP contribution in [0.15, 0.2) is 97.1 Å². The molecular weight excluding hydrogens is 463 g/mol. The summed E-state index contributed by atoms with van der Waals surface area (Å²) in [4.78, 5) is 28.9. The Bertz CT molecular complexity index is 1330. The average molecular weight is 497 g/mol. The fourth-order valence-corrected chi connectivity index (χ4v) is 4.62. The van der Waals surface area contributed by atoms with Crippen LogP contribution in [0.25, 0.3) is 10.8 Å². The molecule has 190 valence electrons. The number of rotatable bonds is 10. The van der Waals surface area contributed by atoms with Crippen LogP contribution in [0.1, 0.15) is 37.0 Å². The number of carbonyl (C=O) groups excluding carboxylic acids is 2. The summed E-state index contributed by atoms with van der Waals surface area (Å²) in [5.74, 6) is -0.646. The van der Waals surface area contributed by atoms with Crippen molar-refractivity contribution in [3.8, 4) is 0 Å². The Labute approximate surface area is 218 Å². The number of nitrogens with one attached hydrogen (secondary N) is 1. The number of aryl methyl sites for hydroxylation is 1. The molecule has 0 heterocycles. The molecule has 0 fully saturated rings. The van der Waals surface area contributed by atoms with E-state index < -0.39 is 6.04 Å². The molecule has 0 aliphatic carbocycles. The lowest BCUT2D eigenvalue weighted by Crippen LogP contribution is -2.51. The molecule has 0 bridgehead atoms. The van der Waals surface area contributed by atoms with E-state index in [1.807, 2.05) is 68.4 Å². The van der Waals surface area contributed by atoms with Crippen LogP contribution in [0.3, 0.4) is 0 Å². The summed E-state index contributed by atoms with van der Waals surface area (Å²) in [6.07, 6.45) is 1.21. The standard InChI is InChI=1S/C32H33FN2O2/c1-23(2)34-32(37)30(21-24-9-4-3-5-10-24)35(22-25-15-18-28(33)19-16-25)31(36)20-17-27-13-8-12-26-11-6-7-14-29(26)27/h3-16,18-19,23,30H,17,20-22H2,1-2H3,(H,34,37)/t30-/m1/s1. The highest BCUT2D eigenvalue weighted by Gasteiger charge is 2.30. The number of amides is 2. The minimum absolute atomic E-state index is 0.0655. The summed E-state index contributed by atoms with van der Waals surface area (Å²) in [6.45, 7) is 4.03. The van der Waals surface area contributed by atoms with E-state index in [1.165, 1.54) is 12.1 Å². The van der Waals surface area contributed by atoms with E-state index in [4.69, 9.17) is 0 Å². The average Bonchev–Trinajstić information content (AvgIpc) is 2.90. The summed E-state index contributed by atoms with van der Waals surface area (Å²) in [5, 5.41) is 5.26. The second kappa shape index (κ2) is 12.3. The number of nitrogens with zero attached hydrogens (tertiary/aromatic N) is 1. The Morgan fingerprint density at radius 3 is 2.22 bits per heavy atom.